The predicted octanol–water partition coefficient (Wildman–Crippen LogP) is 18.8. The normalized spacial score (nSPS) is 11.5. The largest absolute Gasteiger partial charge is 0.289 e. The van der Waals surface area contributed by atoms with Crippen molar-refractivity contribution in [2.75, 3.05) is 0 Å². The number of fused-ring (bicyclic) bond motifs is 4. The van der Waals surface area contributed by atoms with Crippen LogP contribution in [0.4, 0.5) is 0 Å². The van der Waals surface area contributed by atoms with Gasteiger partial charge in [-0.25, -0.2) is 0 Å². The average molecular weight is 1080 g/mol. The zero-order chi connectivity index (χ0) is 47.3. The minimum atomic E-state index is -0.0866. The summed E-state index contributed by atoms with van der Waals surface area (Å²) in [5.41, 5.74) is 14.4. The van der Waals surface area contributed by atoms with E-state index in [1.54, 1.807) is 42.5 Å². The minimum absolute atomic E-state index is 0.0808. The molecule has 0 atom stereocenters. The molecule has 0 amide bonds. The van der Waals surface area contributed by atoms with Gasteiger partial charge in [-0.05, 0) is 120 Å². The zero-order valence-corrected chi connectivity index (χ0v) is 41.9. The SMILES string of the molecule is Brc1ccc(-c2ccccc2)cc1.Brc1ccc2c(-c3ccc(-c4ccccc4)cc3)c3ccccc3c(-c3ccc(-c4ccccc4)cc3)c2c1.O=C1c2ccccc2C(=O)c2cc(Br)ccc21. The van der Waals surface area contributed by atoms with E-state index in [0.717, 1.165) is 13.4 Å². The molecule has 0 aliphatic heterocycles. The highest BCUT2D eigenvalue weighted by molar-refractivity contribution is 9.11. The highest BCUT2D eigenvalue weighted by Crippen LogP contribution is 2.45. The lowest BCUT2D eigenvalue weighted by atomic mass is 9.84. The van der Waals surface area contributed by atoms with Crippen molar-refractivity contribution in [3.63, 3.8) is 0 Å². The Balaban J connectivity index is 0.000000150. The van der Waals surface area contributed by atoms with Crippen LogP contribution >= 0.6 is 47.8 Å². The van der Waals surface area contributed by atoms with Gasteiger partial charge in [0, 0.05) is 35.7 Å². The van der Waals surface area contributed by atoms with Crippen LogP contribution < -0.4 is 0 Å². The first-order valence-electron chi connectivity index (χ1n) is 22.6. The first kappa shape index (κ1) is 45.5. The van der Waals surface area contributed by atoms with E-state index in [4.69, 9.17) is 0 Å². The molecule has 5 heteroatoms. The molecule has 2 nitrogen and oxygen atoms in total. The first-order valence-corrected chi connectivity index (χ1v) is 24.9. The van der Waals surface area contributed by atoms with Gasteiger partial charge < -0.3 is 0 Å². The monoisotopic (exact) mass is 1080 g/mol. The molecule has 0 N–H and O–H groups in total. The molecule has 0 radical (unpaired) electrons. The molecule has 0 unspecified atom stereocenters. The first-order chi connectivity index (χ1) is 33.8. The van der Waals surface area contributed by atoms with Crippen LogP contribution in [0.2, 0.25) is 0 Å². The van der Waals surface area contributed by atoms with Crippen molar-refractivity contribution in [2.24, 2.45) is 0 Å². The van der Waals surface area contributed by atoms with E-state index in [1.807, 2.05) is 6.07 Å². The van der Waals surface area contributed by atoms with Crippen LogP contribution in [0, 0.1) is 0 Å². The summed E-state index contributed by atoms with van der Waals surface area (Å²) in [4.78, 5) is 24.4. The maximum atomic E-state index is 12.2. The smallest absolute Gasteiger partial charge is 0.194 e. The van der Waals surface area contributed by atoms with Crippen LogP contribution in [-0.4, -0.2) is 11.6 Å². The lowest BCUT2D eigenvalue weighted by Crippen LogP contribution is -2.20. The Morgan fingerprint density at radius 1 is 0.217 bits per heavy atom. The molecule has 69 heavy (non-hydrogen) atoms. The number of hydrogen-bond acceptors (Lipinski definition) is 2. The van der Waals surface area contributed by atoms with Crippen LogP contribution in [0.15, 0.2) is 262 Å². The Labute approximate surface area is 427 Å². The standard InChI is InChI=1S/C38H25Br.C14H7BrO2.C12H9Br/c39-32-23-24-35-36(25-32)38(31-21-17-29(18-22-31)27-11-5-2-6-12-27)34-14-8-7-13-33(34)37(35)30-19-15-28(16-20-30)26-9-3-1-4-10-26;15-8-5-6-11-12(7-8)14(17)10-4-2-1-3-9(10)13(11)16;13-12-8-6-11(7-9-12)10-4-2-1-3-5-10/h1-25H;1-7H;1-9H. The van der Waals surface area contributed by atoms with Crippen LogP contribution in [0.1, 0.15) is 31.8 Å². The number of carbonyl (C=O) groups excluding carboxylic acids is 2. The van der Waals surface area contributed by atoms with Crippen molar-refractivity contribution < 1.29 is 9.59 Å². The van der Waals surface area contributed by atoms with E-state index in [0.29, 0.717) is 22.3 Å². The summed E-state index contributed by atoms with van der Waals surface area (Å²) in [5.74, 6) is -0.167. The fourth-order valence-corrected chi connectivity index (χ4v) is 10.0. The summed E-state index contributed by atoms with van der Waals surface area (Å²) in [6, 6.07) is 85.4. The molecular weight excluding hydrogens is 1040 g/mol. The van der Waals surface area contributed by atoms with Crippen molar-refractivity contribution in [3.05, 3.63) is 284 Å². The highest BCUT2D eigenvalue weighted by Gasteiger charge is 2.29. The van der Waals surface area contributed by atoms with Crippen molar-refractivity contribution in [3.8, 4) is 55.6 Å². The number of benzene rings is 11. The van der Waals surface area contributed by atoms with Crippen molar-refractivity contribution >= 4 is 80.9 Å². The summed E-state index contributed by atoms with van der Waals surface area (Å²) in [5, 5.41) is 5.03. The molecule has 1 aliphatic rings. The van der Waals surface area contributed by atoms with Gasteiger partial charge in [0.05, 0.1) is 0 Å². The van der Waals surface area contributed by atoms with E-state index in [9.17, 15) is 9.59 Å². The number of rotatable bonds is 5. The van der Waals surface area contributed by atoms with Crippen LogP contribution in [-0.2, 0) is 0 Å². The summed E-state index contributed by atoms with van der Waals surface area (Å²) in [6.07, 6.45) is 0. The van der Waals surface area contributed by atoms with E-state index in [2.05, 4.69) is 248 Å². The van der Waals surface area contributed by atoms with Gasteiger partial charge in [0.15, 0.2) is 11.6 Å². The fraction of sp³-hybridized carbons (Fsp3) is 0. The summed E-state index contributed by atoms with van der Waals surface area (Å²) in [6.45, 7) is 0. The molecule has 0 heterocycles. The van der Waals surface area contributed by atoms with Gasteiger partial charge in [0.1, 0.15) is 0 Å². The number of ketones is 2. The molecule has 1 aliphatic carbocycles. The Morgan fingerprint density at radius 3 is 1.00 bits per heavy atom. The lowest BCUT2D eigenvalue weighted by Gasteiger charge is -2.18. The van der Waals surface area contributed by atoms with Gasteiger partial charge in [-0.1, -0.05) is 254 Å². The molecule has 0 saturated heterocycles. The molecule has 11 aromatic carbocycles. The van der Waals surface area contributed by atoms with Gasteiger partial charge in [-0.3, -0.25) is 9.59 Å². The maximum absolute atomic E-state index is 12.2. The van der Waals surface area contributed by atoms with Gasteiger partial charge in [-0.2, -0.15) is 0 Å². The van der Waals surface area contributed by atoms with Gasteiger partial charge in [0.2, 0.25) is 0 Å². The topological polar surface area (TPSA) is 34.1 Å². The third-order valence-corrected chi connectivity index (χ3v) is 13.9. The maximum Gasteiger partial charge on any atom is 0.194 e. The summed E-state index contributed by atoms with van der Waals surface area (Å²) in [7, 11) is 0. The third-order valence-electron chi connectivity index (χ3n) is 12.4. The number of carbonyl (C=O) groups is 2. The molecule has 0 fully saturated rings. The average Bonchev–Trinajstić information content (AvgIpc) is 3.41. The molecule has 0 aromatic heterocycles. The van der Waals surface area contributed by atoms with Crippen molar-refractivity contribution in [1.29, 1.82) is 0 Å². The minimum Gasteiger partial charge on any atom is -0.289 e. The Bertz CT molecular complexity index is 3630. The Morgan fingerprint density at radius 2 is 0.522 bits per heavy atom. The van der Waals surface area contributed by atoms with Crippen molar-refractivity contribution in [2.45, 2.75) is 0 Å². The Hall–Kier alpha value is -7.28. The van der Waals surface area contributed by atoms with E-state index >= 15 is 0 Å². The summed E-state index contributed by atoms with van der Waals surface area (Å²) < 4.78 is 3.00. The molecule has 330 valence electrons. The molecular formula is C64H41Br3O2. The Kier molecular flexibility index (Phi) is 13.5. The zero-order valence-electron chi connectivity index (χ0n) is 37.1. The van der Waals surface area contributed by atoms with E-state index < -0.39 is 0 Å². The highest BCUT2D eigenvalue weighted by atomic mass is 79.9. The quantitative estimate of drug-likeness (QED) is 0.161. The molecule has 12 rings (SSSR count). The molecule has 0 saturated carbocycles. The third kappa shape index (κ3) is 9.73. The number of halogens is 3. The van der Waals surface area contributed by atoms with E-state index in [1.165, 1.54) is 77.2 Å². The second kappa shape index (κ2) is 20.5. The fourth-order valence-electron chi connectivity index (χ4n) is 9.04. The van der Waals surface area contributed by atoms with Crippen molar-refractivity contribution in [1.82, 2.24) is 0 Å². The molecule has 11 aromatic rings. The molecule has 0 spiro atoms. The van der Waals surface area contributed by atoms with Gasteiger partial charge >= 0.3 is 0 Å². The van der Waals surface area contributed by atoms with Crippen LogP contribution in [0.25, 0.3) is 77.2 Å². The lowest BCUT2D eigenvalue weighted by molar-refractivity contribution is 0.0979. The van der Waals surface area contributed by atoms with Gasteiger partial charge in [0.25, 0.3) is 0 Å². The molecule has 0 bridgehead atoms. The number of hydrogen-bond donors (Lipinski definition) is 0. The second-order valence-electron chi connectivity index (χ2n) is 16.6. The van der Waals surface area contributed by atoms with Crippen LogP contribution in [0.5, 0.6) is 0 Å². The van der Waals surface area contributed by atoms with Crippen LogP contribution in [0.3, 0.4) is 0 Å². The van der Waals surface area contributed by atoms with E-state index in [-0.39, 0.29) is 11.6 Å². The summed E-state index contributed by atoms with van der Waals surface area (Å²) >= 11 is 10.5. The van der Waals surface area contributed by atoms with Gasteiger partial charge in [-0.15, -0.1) is 0 Å². The second-order valence-corrected chi connectivity index (χ2v) is 19.4. The predicted molar refractivity (Wildman–Crippen MR) is 298 cm³/mol.